The third-order valence-corrected chi connectivity index (χ3v) is 7.57. The van der Waals surface area contributed by atoms with E-state index in [0.717, 1.165) is 60.6 Å². The van der Waals surface area contributed by atoms with Crippen molar-refractivity contribution in [2.75, 3.05) is 6.54 Å². The predicted molar refractivity (Wildman–Crippen MR) is 123 cm³/mol. The van der Waals surface area contributed by atoms with Crippen LogP contribution in [0.2, 0.25) is 0 Å². The van der Waals surface area contributed by atoms with Crippen LogP contribution in [0.5, 0.6) is 0 Å². The highest BCUT2D eigenvalue weighted by Crippen LogP contribution is 2.34. The zero-order chi connectivity index (χ0) is 21.5. The zero-order valence-corrected chi connectivity index (χ0v) is 19.5. The van der Waals surface area contributed by atoms with E-state index in [9.17, 15) is 4.79 Å². The lowest BCUT2D eigenvalue weighted by Gasteiger charge is -2.22. The number of likely N-dealkylation sites (tertiary alicyclic amines) is 1. The summed E-state index contributed by atoms with van der Waals surface area (Å²) in [4.78, 5) is 22.3. The normalized spacial score (nSPS) is 19.4. The largest absolute Gasteiger partial charge is 0.353 e. The van der Waals surface area contributed by atoms with Crippen molar-refractivity contribution in [3.8, 4) is 0 Å². The highest BCUT2D eigenvalue weighted by Gasteiger charge is 2.29. The summed E-state index contributed by atoms with van der Waals surface area (Å²) in [6.07, 6.45) is 5.81. The van der Waals surface area contributed by atoms with Gasteiger partial charge in [0.1, 0.15) is 0 Å². The van der Waals surface area contributed by atoms with Crippen molar-refractivity contribution in [1.29, 1.82) is 0 Å². The lowest BCUT2D eigenvalue weighted by molar-refractivity contribution is -0.121. The number of thiophene rings is 1. The van der Waals surface area contributed by atoms with Gasteiger partial charge in [-0.15, -0.1) is 11.3 Å². The minimum atomic E-state index is 0.146. The molecule has 0 spiro atoms. The number of fused-ring (bicyclic) bond motifs is 1. The topological polar surface area (TPSA) is 62.5 Å². The molecule has 164 valence electrons. The number of nitrogens with zero attached hydrogens (tertiary/aromatic N) is 4. The van der Waals surface area contributed by atoms with Crippen molar-refractivity contribution in [3.63, 3.8) is 0 Å². The van der Waals surface area contributed by atoms with Gasteiger partial charge in [0.15, 0.2) is 5.65 Å². The Labute approximate surface area is 187 Å². The second kappa shape index (κ2) is 8.36. The van der Waals surface area contributed by atoms with Crippen molar-refractivity contribution in [1.82, 2.24) is 24.8 Å². The molecule has 3 aromatic heterocycles. The maximum absolute atomic E-state index is 12.2. The van der Waals surface area contributed by atoms with Crippen molar-refractivity contribution in [3.05, 3.63) is 50.6 Å². The molecule has 7 heteroatoms. The number of amides is 1. The van der Waals surface area contributed by atoms with Crippen molar-refractivity contribution in [2.24, 2.45) is 0 Å². The van der Waals surface area contributed by atoms with Gasteiger partial charge in [0.2, 0.25) is 5.91 Å². The summed E-state index contributed by atoms with van der Waals surface area (Å²) in [5.41, 5.74) is 5.28. The van der Waals surface area contributed by atoms with Crippen LogP contribution in [0, 0.1) is 20.8 Å². The average Bonchev–Trinajstić information content (AvgIpc) is 3.10. The molecule has 1 aliphatic carbocycles. The van der Waals surface area contributed by atoms with Gasteiger partial charge < -0.3 is 5.32 Å². The number of hydrogen-bond donors (Lipinski definition) is 1. The fourth-order valence-electron chi connectivity index (χ4n) is 4.76. The molecule has 31 heavy (non-hydrogen) atoms. The van der Waals surface area contributed by atoms with E-state index in [0.29, 0.717) is 24.9 Å². The van der Waals surface area contributed by atoms with Crippen LogP contribution >= 0.6 is 11.3 Å². The van der Waals surface area contributed by atoms with Crippen LogP contribution in [0.4, 0.5) is 0 Å². The fraction of sp³-hybridized carbons (Fsp3) is 0.542. The Morgan fingerprint density at radius 1 is 1.23 bits per heavy atom. The lowest BCUT2D eigenvalue weighted by atomic mass is 10.1. The molecular formula is C24H31N5OS. The monoisotopic (exact) mass is 437 g/mol. The number of nitrogens with one attached hydrogen (secondary N) is 1. The molecule has 1 atom stereocenters. The first-order chi connectivity index (χ1) is 15.0. The summed E-state index contributed by atoms with van der Waals surface area (Å²) in [5, 5.41) is 8.08. The second-order valence-electron chi connectivity index (χ2n) is 9.08. The maximum atomic E-state index is 12.2. The molecule has 4 heterocycles. The Morgan fingerprint density at radius 2 is 2.06 bits per heavy atom. The van der Waals surface area contributed by atoms with Crippen molar-refractivity contribution >= 4 is 22.9 Å². The van der Waals surface area contributed by atoms with Gasteiger partial charge in [-0.25, -0.2) is 9.50 Å². The fourth-order valence-corrected chi connectivity index (χ4v) is 5.67. The number of aromatic nitrogens is 3. The molecule has 6 nitrogen and oxygen atoms in total. The van der Waals surface area contributed by atoms with Crippen LogP contribution in [0.3, 0.4) is 0 Å². The van der Waals surface area contributed by atoms with Crippen LogP contribution in [0.1, 0.15) is 70.5 Å². The summed E-state index contributed by atoms with van der Waals surface area (Å²) < 4.78 is 1.99. The van der Waals surface area contributed by atoms with Crippen LogP contribution in [-0.2, 0) is 17.8 Å². The van der Waals surface area contributed by atoms with E-state index < -0.39 is 0 Å². The van der Waals surface area contributed by atoms with Crippen LogP contribution in [-0.4, -0.2) is 38.0 Å². The molecule has 1 saturated carbocycles. The number of rotatable bonds is 7. The van der Waals surface area contributed by atoms with E-state index >= 15 is 0 Å². The molecule has 1 N–H and O–H groups in total. The number of hydrogen-bond acceptors (Lipinski definition) is 5. The van der Waals surface area contributed by atoms with Crippen molar-refractivity contribution < 1.29 is 4.79 Å². The Bertz CT molecular complexity index is 1110. The Morgan fingerprint density at radius 3 is 2.81 bits per heavy atom. The molecule has 0 bridgehead atoms. The SMILES string of the molecule is Cc1ccc(CN2CCC[C@H]2c2cc3nc(C)c(CCC(=O)NC4CC4)c(C)n3n2)s1. The molecule has 1 aliphatic heterocycles. The molecule has 0 unspecified atom stereocenters. The van der Waals surface area contributed by atoms with E-state index in [2.05, 4.69) is 49.2 Å². The molecule has 1 amide bonds. The predicted octanol–water partition coefficient (Wildman–Crippen LogP) is 4.26. The first kappa shape index (κ1) is 20.6. The van der Waals surface area contributed by atoms with Gasteiger partial charge in [0.25, 0.3) is 0 Å². The minimum Gasteiger partial charge on any atom is -0.353 e. The van der Waals surface area contributed by atoms with Gasteiger partial charge >= 0.3 is 0 Å². The van der Waals surface area contributed by atoms with E-state index in [1.807, 2.05) is 15.9 Å². The Hall–Kier alpha value is -2.25. The zero-order valence-electron chi connectivity index (χ0n) is 18.6. The quantitative estimate of drug-likeness (QED) is 0.600. The van der Waals surface area contributed by atoms with Gasteiger partial charge in [0.05, 0.1) is 11.7 Å². The second-order valence-corrected chi connectivity index (χ2v) is 10.5. The first-order valence-electron chi connectivity index (χ1n) is 11.4. The standard InChI is InChI=1S/C24H31N5OS/c1-15-6-9-19(31-15)14-28-12-4-5-22(28)21-13-23-25-16(2)20(17(3)29(23)27-21)10-11-24(30)26-18-7-8-18/h6,9,13,18,22H,4-5,7-8,10-12,14H2,1-3H3,(H,26,30)/t22-/m0/s1. The van der Waals surface area contributed by atoms with Crippen LogP contribution in [0.15, 0.2) is 18.2 Å². The molecule has 1 saturated heterocycles. The highest BCUT2D eigenvalue weighted by atomic mass is 32.1. The molecule has 0 aromatic carbocycles. The molecule has 2 fully saturated rings. The van der Waals surface area contributed by atoms with Gasteiger partial charge in [-0.1, -0.05) is 0 Å². The molecule has 2 aliphatic rings. The van der Waals surface area contributed by atoms with Crippen LogP contribution in [0.25, 0.3) is 5.65 Å². The molecule has 5 rings (SSSR count). The third kappa shape index (κ3) is 4.39. The summed E-state index contributed by atoms with van der Waals surface area (Å²) in [6, 6.07) is 7.37. The summed E-state index contributed by atoms with van der Waals surface area (Å²) in [5.74, 6) is 0.146. The highest BCUT2D eigenvalue weighted by molar-refractivity contribution is 7.11. The van der Waals surface area contributed by atoms with Crippen molar-refractivity contribution in [2.45, 2.75) is 77.9 Å². The smallest absolute Gasteiger partial charge is 0.220 e. The summed E-state index contributed by atoms with van der Waals surface area (Å²) >= 11 is 1.89. The number of carbonyl (C=O) groups is 1. The van der Waals surface area contributed by atoms with E-state index in [1.54, 1.807) is 0 Å². The molecule has 0 radical (unpaired) electrons. The maximum Gasteiger partial charge on any atom is 0.220 e. The molecular weight excluding hydrogens is 406 g/mol. The van der Waals surface area contributed by atoms with Gasteiger partial charge in [-0.3, -0.25) is 9.69 Å². The van der Waals surface area contributed by atoms with E-state index in [4.69, 9.17) is 10.1 Å². The van der Waals surface area contributed by atoms with E-state index in [1.165, 1.54) is 16.2 Å². The lowest BCUT2D eigenvalue weighted by Crippen LogP contribution is -2.25. The molecule has 3 aromatic rings. The third-order valence-electron chi connectivity index (χ3n) is 6.59. The number of aryl methyl sites for hydroxylation is 3. The van der Waals surface area contributed by atoms with Gasteiger partial charge in [-0.05, 0) is 77.1 Å². The summed E-state index contributed by atoms with van der Waals surface area (Å²) in [7, 11) is 0. The van der Waals surface area contributed by atoms with E-state index in [-0.39, 0.29) is 5.91 Å². The number of carbonyl (C=O) groups excluding carboxylic acids is 1. The first-order valence-corrected chi connectivity index (χ1v) is 12.2. The minimum absolute atomic E-state index is 0.146. The summed E-state index contributed by atoms with van der Waals surface area (Å²) in [6.45, 7) is 8.43. The van der Waals surface area contributed by atoms with Gasteiger partial charge in [0, 0.05) is 46.2 Å². The Balaban J connectivity index is 1.36. The average molecular weight is 438 g/mol. The van der Waals surface area contributed by atoms with Crippen LogP contribution < -0.4 is 5.32 Å². The Kier molecular flexibility index (Phi) is 5.56. The van der Waals surface area contributed by atoms with Gasteiger partial charge in [-0.2, -0.15) is 5.10 Å².